The van der Waals surface area contributed by atoms with Crippen LogP contribution in [0.4, 0.5) is 0 Å². The minimum absolute atomic E-state index is 0.221. The molecule has 6 nitrogen and oxygen atoms in total. The molecule has 0 aliphatic carbocycles. The molecule has 122 valence electrons. The summed E-state index contributed by atoms with van der Waals surface area (Å²) in [6.45, 7) is 3.86. The average molecular weight is 326 g/mol. The molecule has 1 unspecified atom stereocenters. The Morgan fingerprint density at radius 1 is 1.32 bits per heavy atom. The molecule has 0 radical (unpaired) electrons. The lowest BCUT2D eigenvalue weighted by Crippen LogP contribution is -2.45. The third kappa shape index (κ3) is 3.06. The zero-order valence-electron chi connectivity index (χ0n) is 13.0. The van der Waals surface area contributed by atoms with Crippen molar-refractivity contribution in [1.29, 1.82) is 0 Å². The number of hydrogen-bond donors (Lipinski definition) is 0. The highest BCUT2D eigenvalue weighted by Crippen LogP contribution is 2.33. The third-order valence-corrected chi connectivity index (χ3v) is 6.08. The predicted molar refractivity (Wildman–Crippen MR) is 82.9 cm³/mol. The van der Waals surface area contributed by atoms with Crippen molar-refractivity contribution in [1.82, 2.24) is 8.61 Å². The van der Waals surface area contributed by atoms with Crippen LogP contribution in [-0.4, -0.2) is 44.0 Å². The van der Waals surface area contributed by atoms with E-state index in [9.17, 15) is 8.42 Å². The first-order chi connectivity index (χ1) is 10.5. The molecule has 2 aliphatic rings. The van der Waals surface area contributed by atoms with Crippen LogP contribution in [0.1, 0.15) is 25.3 Å². The van der Waals surface area contributed by atoms with Gasteiger partial charge in [-0.3, -0.25) is 0 Å². The van der Waals surface area contributed by atoms with Crippen molar-refractivity contribution in [3.63, 3.8) is 0 Å². The first-order valence-electron chi connectivity index (χ1n) is 7.57. The van der Waals surface area contributed by atoms with E-state index in [0.29, 0.717) is 37.1 Å². The average Bonchev–Trinajstić information content (AvgIpc) is 2.94. The second kappa shape index (κ2) is 6.06. The minimum Gasteiger partial charge on any atom is -0.454 e. The molecular weight excluding hydrogens is 304 g/mol. The Labute approximate surface area is 131 Å². The molecule has 3 rings (SSSR count). The quantitative estimate of drug-likeness (QED) is 0.847. The van der Waals surface area contributed by atoms with Crippen molar-refractivity contribution >= 4 is 10.2 Å². The van der Waals surface area contributed by atoms with Gasteiger partial charge in [-0.1, -0.05) is 13.0 Å². The topological polar surface area (TPSA) is 59.1 Å². The van der Waals surface area contributed by atoms with Crippen molar-refractivity contribution in [2.24, 2.45) is 5.92 Å². The fourth-order valence-electron chi connectivity index (χ4n) is 2.93. The molecule has 1 atom stereocenters. The number of nitrogens with zero attached hydrogens (tertiary/aromatic N) is 2. The molecule has 1 saturated heterocycles. The van der Waals surface area contributed by atoms with E-state index in [4.69, 9.17) is 9.47 Å². The van der Waals surface area contributed by atoms with Crippen LogP contribution in [0, 0.1) is 5.92 Å². The number of benzene rings is 1. The normalized spacial score (nSPS) is 22.2. The molecule has 1 fully saturated rings. The van der Waals surface area contributed by atoms with Crippen LogP contribution in [0.25, 0.3) is 0 Å². The second-order valence-corrected chi connectivity index (χ2v) is 8.09. The summed E-state index contributed by atoms with van der Waals surface area (Å²) in [5, 5.41) is 0. The minimum atomic E-state index is -3.41. The first kappa shape index (κ1) is 15.6. The molecular formula is C15H22N2O4S. The van der Waals surface area contributed by atoms with Crippen LogP contribution in [-0.2, 0) is 16.8 Å². The van der Waals surface area contributed by atoms with Crippen LogP contribution in [0.15, 0.2) is 18.2 Å². The summed E-state index contributed by atoms with van der Waals surface area (Å²) in [6.07, 6.45) is 2.02. The molecule has 22 heavy (non-hydrogen) atoms. The van der Waals surface area contributed by atoms with Gasteiger partial charge < -0.3 is 9.47 Å². The largest absolute Gasteiger partial charge is 0.454 e. The van der Waals surface area contributed by atoms with E-state index >= 15 is 0 Å². The zero-order chi connectivity index (χ0) is 15.7. The van der Waals surface area contributed by atoms with E-state index in [1.54, 1.807) is 11.4 Å². The number of ether oxygens (including phenoxy) is 2. The maximum Gasteiger partial charge on any atom is 0.282 e. The summed E-state index contributed by atoms with van der Waals surface area (Å²) < 4.78 is 38.9. The van der Waals surface area contributed by atoms with Gasteiger partial charge in [-0.2, -0.15) is 17.0 Å². The number of piperidine rings is 1. The second-order valence-electron chi connectivity index (χ2n) is 6.06. The Kier molecular flexibility index (Phi) is 4.29. The van der Waals surface area contributed by atoms with E-state index in [1.165, 1.54) is 4.31 Å². The maximum atomic E-state index is 12.7. The number of hydrogen-bond acceptors (Lipinski definition) is 4. The van der Waals surface area contributed by atoms with Crippen LogP contribution in [0.2, 0.25) is 0 Å². The number of fused-ring (bicyclic) bond motifs is 1. The fraction of sp³-hybridized carbons (Fsp3) is 0.600. The van der Waals surface area contributed by atoms with E-state index in [0.717, 1.165) is 18.4 Å². The summed E-state index contributed by atoms with van der Waals surface area (Å²) in [6, 6.07) is 5.53. The lowest BCUT2D eigenvalue weighted by Gasteiger charge is -2.33. The van der Waals surface area contributed by atoms with Gasteiger partial charge in [0.1, 0.15) is 0 Å². The molecule has 1 aromatic rings. The molecule has 0 saturated carbocycles. The Hall–Kier alpha value is -1.31. The summed E-state index contributed by atoms with van der Waals surface area (Å²) in [7, 11) is -1.79. The van der Waals surface area contributed by atoms with Crippen molar-refractivity contribution in [2.75, 3.05) is 26.9 Å². The monoisotopic (exact) mass is 326 g/mol. The van der Waals surface area contributed by atoms with Gasteiger partial charge in [0, 0.05) is 26.7 Å². The Bertz CT molecular complexity index is 647. The molecule has 0 bridgehead atoms. The highest BCUT2D eigenvalue weighted by atomic mass is 32.2. The molecule has 7 heteroatoms. The third-order valence-electron chi connectivity index (χ3n) is 4.18. The van der Waals surface area contributed by atoms with Crippen LogP contribution in [0.5, 0.6) is 11.5 Å². The summed E-state index contributed by atoms with van der Waals surface area (Å²) in [4.78, 5) is 0. The molecule has 2 aliphatic heterocycles. The lowest BCUT2D eigenvalue weighted by molar-refractivity contribution is 0.174. The van der Waals surface area contributed by atoms with Crippen LogP contribution >= 0.6 is 0 Å². The van der Waals surface area contributed by atoms with Crippen LogP contribution in [0.3, 0.4) is 0 Å². The smallest absolute Gasteiger partial charge is 0.282 e. The van der Waals surface area contributed by atoms with Gasteiger partial charge in [0.2, 0.25) is 6.79 Å². The van der Waals surface area contributed by atoms with Gasteiger partial charge in [-0.25, -0.2) is 0 Å². The van der Waals surface area contributed by atoms with Crippen molar-refractivity contribution in [3.8, 4) is 11.5 Å². The van der Waals surface area contributed by atoms with Gasteiger partial charge in [0.05, 0.1) is 0 Å². The van der Waals surface area contributed by atoms with Crippen molar-refractivity contribution in [2.45, 2.75) is 26.3 Å². The van der Waals surface area contributed by atoms with E-state index in [1.807, 2.05) is 18.2 Å². The molecule has 0 spiro atoms. The lowest BCUT2D eigenvalue weighted by atomic mass is 10.0. The van der Waals surface area contributed by atoms with Crippen LogP contribution < -0.4 is 9.47 Å². The number of rotatable bonds is 4. The van der Waals surface area contributed by atoms with E-state index in [2.05, 4.69) is 6.92 Å². The van der Waals surface area contributed by atoms with Crippen molar-refractivity contribution < 1.29 is 17.9 Å². The molecule has 1 aromatic carbocycles. The summed E-state index contributed by atoms with van der Waals surface area (Å²) in [5.41, 5.74) is 0.889. The van der Waals surface area contributed by atoms with Gasteiger partial charge in [0.25, 0.3) is 10.2 Å². The maximum absolute atomic E-state index is 12.7. The van der Waals surface area contributed by atoms with Crippen molar-refractivity contribution in [3.05, 3.63) is 23.8 Å². The Morgan fingerprint density at radius 2 is 2.09 bits per heavy atom. The van der Waals surface area contributed by atoms with Gasteiger partial charge >= 0.3 is 0 Å². The molecule has 0 N–H and O–H groups in total. The predicted octanol–water partition coefficient (Wildman–Crippen LogP) is 1.82. The van der Waals surface area contributed by atoms with Gasteiger partial charge in [-0.05, 0) is 36.5 Å². The highest BCUT2D eigenvalue weighted by molar-refractivity contribution is 7.86. The molecule has 0 aromatic heterocycles. The summed E-state index contributed by atoms with van der Waals surface area (Å²) in [5.74, 6) is 1.80. The Morgan fingerprint density at radius 3 is 2.86 bits per heavy atom. The molecule has 2 heterocycles. The first-order valence-corrected chi connectivity index (χ1v) is 8.96. The molecule has 0 amide bonds. The van der Waals surface area contributed by atoms with Gasteiger partial charge in [-0.15, -0.1) is 0 Å². The van der Waals surface area contributed by atoms with E-state index < -0.39 is 10.2 Å². The summed E-state index contributed by atoms with van der Waals surface area (Å²) >= 11 is 0. The zero-order valence-corrected chi connectivity index (χ0v) is 13.8. The van der Waals surface area contributed by atoms with Gasteiger partial charge in [0.15, 0.2) is 11.5 Å². The Balaban J connectivity index is 1.71. The standard InChI is InChI=1S/C15H22N2O4S/c1-12-4-3-7-17(9-12)22(18,19)16(2)10-13-5-6-14-15(8-13)21-11-20-14/h5-6,8,12H,3-4,7,9-11H2,1-2H3. The highest BCUT2D eigenvalue weighted by Gasteiger charge is 2.30. The fourth-order valence-corrected chi connectivity index (χ4v) is 4.44. The van der Waals surface area contributed by atoms with E-state index in [-0.39, 0.29) is 6.79 Å². The SMILES string of the molecule is CC1CCCN(S(=O)(=O)N(C)Cc2ccc3c(c2)OCO3)C1.